The van der Waals surface area contributed by atoms with Crippen LogP contribution in [-0.4, -0.2) is 49.3 Å². The van der Waals surface area contributed by atoms with E-state index in [0.29, 0.717) is 19.4 Å². The molecule has 0 bridgehead atoms. The first-order chi connectivity index (χ1) is 11.9. The molecule has 1 aromatic carbocycles. The van der Waals surface area contributed by atoms with Crippen molar-refractivity contribution in [3.63, 3.8) is 0 Å². The second-order valence-electron chi connectivity index (χ2n) is 6.12. The van der Waals surface area contributed by atoms with E-state index >= 15 is 0 Å². The van der Waals surface area contributed by atoms with Crippen molar-refractivity contribution in [2.75, 3.05) is 19.6 Å². The number of benzene rings is 1. The first kappa shape index (κ1) is 19.4. The molecule has 0 aliphatic carbocycles. The van der Waals surface area contributed by atoms with Gasteiger partial charge in [0.15, 0.2) is 0 Å². The van der Waals surface area contributed by atoms with Crippen molar-refractivity contribution in [1.82, 2.24) is 9.62 Å². The van der Waals surface area contributed by atoms with E-state index in [-0.39, 0.29) is 35.4 Å². The molecule has 138 valence electrons. The molecule has 2 N–H and O–H groups in total. The Hall–Kier alpha value is -1.93. The van der Waals surface area contributed by atoms with Crippen LogP contribution in [-0.2, 0) is 14.8 Å². The zero-order valence-electron chi connectivity index (χ0n) is 14.3. The maximum atomic E-state index is 12.8. The summed E-state index contributed by atoms with van der Waals surface area (Å²) in [7, 11) is -3.89. The van der Waals surface area contributed by atoms with Gasteiger partial charge in [-0.1, -0.05) is 25.5 Å². The van der Waals surface area contributed by atoms with Gasteiger partial charge in [-0.15, -0.1) is 0 Å². The number of sulfonamides is 1. The number of rotatable bonds is 7. The van der Waals surface area contributed by atoms with Crippen molar-refractivity contribution >= 4 is 21.9 Å². The van der Waals surface area contributed by atoms with E-state index in [2.05, 4.69) is 5.32 Å². The third-order valence-electron chi connectivity index (χ3n) is 4.39. The molecule has 0 aromatic heterocycles. The van der Waals surface area contributed by atoms with Crippen molar-refractivity contribution in [1.29, 1.82) is 0 Å². The number of amides is 1. The summed E-state index contributed by atoms with van der Waals surface area (Å²) in [5.41, 5.74) is -0.234. The fourth-order valence-corrected chi connectivity index (χ4v) is 4.55. The number of nitrogens with zero attached hydrogens (tertiary/aromatic N) is 1. The number of carboxylic acids is 1. The standard InChI is InChI=1S/C17H24N2O5S/c1-2-3-10-18-16(20)13-8-11-19(12-9-13)25(23,24)15-7-5-4-6-14(15)17(21)22/h4-7,13H,2-3,8-12H2,1H3,(H,18,20)(H,21,22). The number of carbonyl (C=O) groups excluding carboxylic acids is 1. The minimum absolute atomic E-state index is 0.0311. The molecule has 8 heteroatoms. The number of piperidine rings is 1. The van der Waals surface area contributed by atoms with Gasteiger partial charge in [0.2, 0.25) is 15.9 Å². The highest BCUT2D eigenvalue weighted by atomic mass is 32.2. The summed E-state index contributed by atoms with van der Waals surface area (Å²) in [5, 5.41) is 12.1. The highest BCUT2D eigenvalue weighted by molar-refractivity contribution is 7.89. The summed E-state index contributed by atoms with van der Waals surface area (Å²) in [6, 6.07) is 5.59. The van der Waals surface area contributed by atoms with Crippen LogP contribution in [0.4, 0.5) is 0 Å². The number of aromatic carboxylic acids is 1. The smallest absolute Gasteiger partial charge is 0.337 e. The SMILES string of the molecule is CCCCNC(=O)C1CCN(S(=O)(=O)c2ccccc2C(=O)O)CC1. The van der Waals surface area contributed by atoms with Gasteiger partial charge < -0.3 is 10.4 Å². The Morgan fingerprint density at radius 2 is 1.88 bits per heavy atom. The van der Waals surface area contributed by atoms with Crippen LogP contribution in [0.25, 0.3) is 0 Å². The Balaban J connectivity index is 2.05. The third-order valence-corrected chi connectivity index (χ3v) is 6.35. The average Bonchev–Trinajstić information content (AvgIpc) is 2.62. The summed E-state index contributed by atoms with van der Waals surface area (Å²) in [5.74, 6) is -1.50. The number of hydrogen-bond donors (Lipinski definition) is 2. The largest absolute Gasteiger partial charge is 0.478 e. The summed E-state index contributed by atoms with van der Waals surface area (Å²) >= 11 is 0. The quantitative estimate of drug-likeness (QED) is 0.713. The number of hydrogen-bond acceptors (Lipinski definition) is 4. The molecule has 0 spiro atoms. The van der Waals surface area contributed by atoms with Crippen LogP contribution < -0.4 is 5.32 Å². The summed E-state index contributed by atoms with van der Waals surface area (Å²) in [4.78, 5) is 23.2. The van der Waals surface area contributed by atoms with Crippen molar-refractivity contribution < 1.29 is 23.1 Å². The second kappa shape index (κ2) is 8.44. The molecule has 2 rings (SSSR count). The summed E-state index contributed by atoms with van der Waals surface area (Å²) in [6.45, 7) is 3.11. The molecule has 1 aromatic rings. The Morgan fingerprint density at radius 3 is 2.48 bits per heavy atom. The molecule has 1 saturated heterocycles. The van der Waals surface area contributed by atoms with Gasteiger partial charge in [-0.3, -0.25) is 4.79 Å². The lowest BCUT2D eigenvalue weighted by atomic mass is 9.97. The van der Waals surface area contributed by atoms with Gasteiger partial charge in [-0.25, -0.2) is 13.2 Å². The minimum atomic E-state index is -3.89. The first-order valence-electron chi connectivity index (χ1n) is 8.48. The lowest BCUT2D eigenvalue weighted by Crippen LogP contribution is -2.43. The van der Waals surface area contributed by atoms with Crippen molar-refractivity contribution in [3.05, 3.63) is 29.8 Å². The van der Waals surface area contributed by atoms with Crippen LogP contribution in [0.2, 0.25) is 0 Å². The molecule has 1 aliphatic rings. The van der Waals surface area contributed by atoms with Gasteiger partial charge in [0, 0.05) is 25.6 Å². The van der Waals surface area contributed by atoms with E-state index < -0.39 is 16.0 Å². The summed E-state index contributed by atoms with van der Waals surface area (Å²) < 4.78 is 26.8. The number of carboxylic acid groups (broad SMARTS) is 1. The Bertz CT molecular complexity index is 724. The minimum Gasteiger partial charge on any atom is -0.478 e. The van der Waals surface area contributed by atoms with E-state index in [1.54, 1.807) is 0 Å². The van der Waals surface area contributed by atoms with E-state index in [0.717, 1.165) is 12.8 Å². The Morgan fingerprint density at radius 1 is 1.24 bits per heavy atom. The van der Waals surface area contributed by atoms with E-state index in [1.807, 2.05) is 6.92 Å². The fourth-order valence-electron chi connectivity index (χ4n) is 2.90. The van der Waals surface area contributed by atoms with Crippen molar-refractivity contribution in [2.24, 2.45) is 5.92 Å². The first-order valence-corrected chi connectivity index (χ1v) is 9.92. The molecule has 1 heterocycles. The van der Waals surface area contributed by atoms with Crippen molar-refractivity contribution in [3.8, 4) is 0 Å². The number of carbonyl (C=O) groups is 2. The highest BCUT2D eigenvalue weighted by Gasteiger charge is 2.33. The number of unbranched alkanes of at least 4 members (excludes halogenated alkanes) is 1. The lowest BCUT2D eigenvalue weighted by Gasteiger charge is -2.30. The Labute approximate surface area is 148 Å². The molecule has 0 saturated carbocycles. The van der Waals surface area contributed by atoms with Gasteiger partial charge in [-0.2, -0.15) is 4.31 Å². The molecule has 7 nitrogen and oxygen atoms in total. The van der Waals surface area contributed by atoms with Crippen LogP contribution in [0.1, 0.15) is 43.0 Å². The van der Waals surface area contributed by atoms with Gasteiger partial charge >= 0.3 is 5.97 Å². The Kier molecular flexibility index (Phi) is 6.55. The third kappa shape index (κ3) is 4.58. The normalized spacial score (nSPS) is 16.5. The van der Waals surface area contributed by atoms with E-state index in [9.17, 15) is 23.1 Å². The molecule has 0 atom stereocenters. The molecule has 0 radical (unpaired) electrons. The van der Waals surface area contributed by atoms with Crippen LogP contribution in [0.5, 0.6) is 0 Å². The molecule has 1 aliphatic heterocycles. The zero-order chi connectivity index (χ0) is 18.4. The van der Waals surface area contributed by atoms with Gasteiger partial charge in [0.05, 0.1) is 10.5 Å². The topological polar surface area (TPSA) is 104 Å². The molecule has 1 fully saturated rings. The second-order valence-corrected chi connectivity index (χ2v) is 8.03. The van der Waals surface area contributed by atoms with Gasteiger partial charge in [0.1, 0.15) is 0 Å². The maximum Gasteiger partial charge on any atom is 0.337 e. The maximum absolute atomic E-state index is 12.8. The van der Waals surface area contributed by atoms with Crippen LogP contribution in [0.15, 0.2) is 29.2 Å². The van der Waals surface area contributed by atoms with E-state index in [4.69, 9.17) is 0 Å². The lowest BCUT2D eigenvalue weighted by molar-refractivity contribution is -0.126. The monoisotopic (exact) mass is 368 g/mol. The van der Waals surface area contributed by atoms with Crippen LogP contribution >= 0.6 is 0 Å². The van der Waals surface area contributed by atoms with Crippen LogP contribution in [0, 0.1) is 5.92 Å². The highest BCUT2D eigenvalue weighted by Crippen LogP contribution is 2.26. The predicted octanol–water partition coefficient (Wildman–Crippen LogP) is 1.70. The average molecular weight is 368 g/mol. The van der Waals surface area contributed by atoms with Crippen LogP contribution in [0.3, 0.4) is 0 Å². The molecule has 1 amide bonds. The molecule has 25 heavy (non-hydrogen) atoms. The van der Waals surface area contributed by atoms with Gasteiger partial charge in [-0.05, 0) is 31.4 Å². The van der Waals surface area contributed by atoms with Crippen molar-refractivity contribution in [2.45, 2.75) is 37.5 Å². The van der Waals surface area contributed by atoms with E-state index in [1.165, 1.54) is 28.6 Å². The van der Waals surface area contributed by atoms with Gasteiger partial charge in [0.25, 0.3) is 0 Å². The molecule has 0 unspecified atom stereocenters. The predicted molar refractivity (Wildman–Crippen MR) is 92.8 cm³/mol. The molecular weight excluding hydrogens is 344 g/mol. The summed E-state index contributed by atoms with van der Waals surface area (Å²) in [6.07, 6.45) is 2.80. The fraction of sp³-hybridized carbons (Fsp3) is 0.529. The number of nitrogens with one attached hydrogen (secondary N) is 1. The molecular formula is C17H24N2O5S. The zero-order valence-corrected chi connectivity index (χ0v) is 15.1.